The number of nitrogens with one attached hydrogen (secondary N) is 3. The molecular weight excluding hydrogens is 445 g/mol. The Morgan fingerprint density at radius 3 is 2.69 bits per heavy atom. The summed E-state index contributed by atoms with van der Waals surface area (Å²) in [5.41, 5.74) is -0.390. The van der Waals surface area contributed by atoms with Crippen molar-refractivity contribution in [3.05, 3.63) is 52.3 Å². The smallest absolute Gasteiger partial charge is 0.201 e. The van der Waals surface area contributed by atoms with Crippen molar-refractivity contribution in [1.29, 1.82) is 5.41 Å². The highest BCUT2D eigenvalue weighted by molar-refractivity contribution is 6.31. The van der Waals surface area contributed by atoms with Crippen LogP contribution in [0.25, 0.3) is 11.0 Å². The molecule has 0 radical (unpaired) electrons. The normalized spacial score (nSPS) is 14.3. The fourth-order valence-electron chi connectivity index (χ4n) is 3.75. The minimum atomic E-state index is -1.21. The third-order valence-corrected chi connectivity index (χ3v) is 5.71. The summed E-state index contributed by atoms with van der Waals surface area (Å²) in [5, 5.41) is 21.9. The van der Waals surface area contributed by atoms with Gasteiger partial charge in [-0.1, -0.05) is 11.6 Å². The first kappa shape index (κ1) is 22.4. The van der Waals surface area contributed by atoms with Crippen LogP contribution in [0.2, 0.25) is 5.02 Å². The number of nitrogens with zero attached hydrogens (tertiary/aromatic N) is 3. The summed E-state index contributed by atoms with van der Waals surface area (Å²) in [6.45, 7) is 3.70. The zero-order valence-corrected chi connectivity index (χ0v) is 17.8. The molecule has 0 amide bonds. The molecule has 0 saturated carbocycles. The van der Waals surface area contributed by atoms with Crippen LogP contribution in [0.4, 0.5) is 24.8 Å². The van der Waals surface area contributed by atoms with Gasteiger partial charge >= 0.3 is 0 Å². The second-order valence-electron chi connectivity index (χ2n) is 7.62. The number of imidazole rings is 1. The number of halogens is 4. The van der Waals surface area contributed by atoms with Gasteiger partial charge in [-0.25, -0.2) is 23.2 Å². The van der Waals surface area contributed by atoms with Crippen molar-refractivity contribution >= 4 is 40.1 Å². The molecule has 32 heavy (non-hydrogen) atoms. The number of hydrogen-bond donors (Lipinski definition) is 4. The Morgan fingerprint density at radius 1 is 1.22 bits per heavy atom. The van der Waals surface area contributed by atoms with Crippen LogP contribution in [-0.4, -0.2) is 52.1 Å². The van der Waals surface area contributed by atoms with Gasteiger partial charge in [-0.3, -0.25) is 10.6 Å². The Kier molecular flexibility index (Phi) is 6.54. The van der Waals surface area contributed by atoms with Crippen LogP contribution in [-0.2, 0) is 0 Å². The van der Waals surface area contributed by atoms with Gasteiger partial charge in [-0.15, -0.1) is 0 Å². The SMILES string of the molecule is N=C(c1cc(F)c(F)c2nc(NCCCN3CCCC3)[nH]c12)N(O)c1ccc(F)c(Cl)c1. The Labute approximate surface area is 187 Å². The molecular formula is C21H22ClF3N6O. The summed E-state index contributed by atoms with van der Waals surface area (Å²) in [4.78, 5) is 9.31. The molecule has 1 aromatic heterocycles. The molecule has 2 heterocycles. The van der Waals surface area contributed by atoms with E-state index in [2.05, 4.69) is 20.2 Å². The van der Waals surface area contributed by atoms with E-state index < -0.39 is 23.3 Å². The lowest BCUT2D eigenvalue weighted by Crippen LogP contribution is -2.27. The molecule has 0 bridgehead atoms. The van der Waals surface area contributed by atoms with Crippen LogP contribution in [0.1, 0.15) is 24.8 Å². The zero-order valence-electron chi connectivity index (χ0n) is 17.1. The number of hydrogen-bond acceptors (Lipinski definition) is 5. The van der Waals surface area contributed by atoms with Gasteiger partial charge in [0.05, 0.1) is 16.2 Å². The molecule has 1 fully saturated rings. The van der Waals surface area contributed by atoms with E-state index in [0.717, 1.165) is 44.3 Å². The summed E-state index contributed by atoms with van der Waals surface area (Å²) < 4.78 is 42.0. The van der Waals surface area contributed by atoms with Gasteiger partial charge in [0.15, 0.2) is 17.5 Å². The molecule has 0 atom stereocenters. The van der Waals surface area contributed by atoms with Gasteiger partial charge in [-0.05, 0) is 63.2 Å². The summed E-state index contributed by atoms with van der Waals surface area (Å²) in [5.74, 6) is -3.41. The number of amidine groups is 1. The van der Waals surface area contributed by atoms with Crippen molar-refractivity contribution in [3.63, 3.8) is 0 Å². The zero-order chi connectivity index (χ0) is 22.8. The maximum Gasteiger partial charge on any atom is 0.201 e. The second kappa shape index (κ2) is 9.35. The van der Waals surface area contributed by atoms with E-state index in [1.165, 1.54) is 18.9 Å². The van der Waals surface area contributed by atoms with Crippen molar-refractivity contribution in [2.45, 2.75) is 19.3 Å². The molecule has 4 rings (SSSR count). The predicted molar refractivity (Wildman–Crippen MR) is 117 cm³/mol. The number of H-pyrrole nitrogens is 1. The topological polar surface area (TPSA) is 91.3 Å². The Hall–Kier alpha value is -2.82. The fraction of sp³-hybridized carbons (Fsp3) is 0.333. The maximum absolute atomic E-state index is 14.4. The van der Waals surface area contributed by atoms with Crippen LogP contribution >= 0.6 is 11.6 Å². The lowest BCUT2D eigenvalue weighted by molar-refractivity contribution is 0.312. The molecule has 0 spiro atoms. The molecule has 1 saturated heterocycles. The second-order valence-corrected chi connectivity index (χ2v) is 8.02. The van der Waals surface area contributed by atoms with E-state index in [9.17, 15) is 18.4 Å². The van der Waals surface area contributed by atoms with Crippen molar-refractivity contribution in [2.24, 2.45) is 0 Å². The summed E-state index contributed by atoms with van der Waals surface area (Å²) in [7, 11) is 0. The monoisotopic (exact) mass is 466 g/mol. The lowest BCUT2D eigenvalue weighted by Gasteiger charge is -2.18. The molecule has 11 heteroatoms. The number of hydroxylamine groups is 1. The highest BCUT2D eigenvalue weighted by atomic mass is 35.5. The predicted octanol–water partition coefficient (Wildman–Crippen LogP) is 4.75. The Morgan fingerprint density at radius 2 is 1.97 bits per heavy atom. The van der Waals surface area contributed by atoms with E-state index in [4.69, 9.17) is 17.0 Å². The quantitative estimate of drug-likeness (QED) is 0.174. The van der Waals surface area contributed by atoms with Crippen LogP contribution in [0.5, 0.6) is 0 Å². The highest BCUT2D eigenvalue weighted by Gasteiger charge is 2.23. The van der Waals surface area contributed by atoms with Crippen molar-refractivity contribution in [3.8, 4) is 0 Å². The average Bonchev–Trinajstić information content (AvgIpc) is 3.45. The van der Waals surface area contributed by atoms with Crippen molar-refractivity contribution in [1.82, 2.24) is 14.9 Å². The number of aromatic nitrogens is 2. The maximum atomic E-state index is 14.4. The lowest BCUT2D eigenvalue weighted by atomic mass is 10.1. The molecule has 7 nitrogen and oxygen atoms in total. The van der Waals surface area contributed by atoms with Gasteiger partial charge in [-0.2, -0.15) is 0 Å². The third-order valence-electron chi connectivity index (χ3n) is 5.42. The Balaban J connectivity index is 1.55. The van der Waals surface area contributed by atoms with Crippen molar-refractivity contribution < 1.29 is 18.4 Å². The largest absolute Gasteiger partial charge is 0.356 e. The summed E-state index contributed by atoms with van der Waals surface area (Å²) >= 11 is 5.73. The number of rotatable bonds is 7. The third kappa shape index (κ3) is 4.52. The molecule has 4 N–H and O–H groups in total. The van der Waals surface area contributed by atoms with Crippen LogP contribution in [0.15, 0.2) is 24.3 Å². The molecule has 0 aliphatic carbocycles. The van der Waals surface area contributed by atoms with Gasteiger partial charge in [0.2, 0.25) is 5.95 Å². The number of fused-ring (bicyclic) bond motifs is 1. The first-order valence-electron chi connectivity index (χ1n) is 10.2. The molecule has 170 valence electrons. The number of aromatic amines is 1. The van der Waals surface area contributed by atoms with E-state index in [1.54, 1.807) is 0 Å². The summed E-state index contributed by atoms with van der Waals surface area (Å²) in [6.07, 6.45) is 3.28. The van der Waals surface area contributed by atoms with E-state index >= 15 is 0 Å². The minimum absolute atomic E-state index is 0.0148. The minimum Gasteiger partial charge on any atom is -0.356 e. The molecule has 0 unspecified atom stereocenters. The molecule has 1 aliphatic rings. The van der Waals surface area contributed by atoms with E-state index in [0.29, 0.717) is 11.6 Å². The Bertz CT molecular complexity index is 1150. The van der Waals surface area contributed by atoms with Gasteiger partial charge < -0.3 is 15.2 Å². The first-order valence-corrected chi connectivity index (χ1v) is 10.6. The summed E-state index contributed by atoms with van der Waals surface area (Å²) in [6, 6.07) is 4.13. The molecule has 3 aromatic rings. The van der Waals surface area contributed by atoms with Gasteiger partial charge in [0.1, 0.15) is 11.3 Å². The van der Waals surface area contributed by atoms with Gasteiger partial charge in [0.25, 0.3) is 0 Å². The number of likely N-dealkylation sites (tertiary alicyclic amines) is 1. The molecule has 2 aromatic carbocycles. The molecule has 1 aliphatic heterocycles. The first-order chi connectivity index (χ1) is 15.3. The standard InChI is InChI=1S/C21H22ClF3N6O/c22-14-10-12(4-5-15(14)23)31(32)20(26)13-11-16(24)17(25)19-18(13)28-21(29-19)27-6-3-9-30-7-1-2-8-30/h4-5,10-11,26,32H,1-3,6-9H2,(H2,27,28,29). The number of benzene rings is 2. The van der Waals surface area contributed by atoms with Crippen LogP contribution < -0.4 is 10.4 Å². The highest BCUT2D eigenvalue weighted by Crippen LogP contribution is 2.28. The van der Waals surface area contributed by atoms with E-state index in [-0.39, 0.29) is 33.3 Å². The average molecular weight is 467 g/mol. The van der Waals surface area contributed by atoms with Crippen molar-refractivity contribution in [2.75, 3.05) is 36.6 Å². The fourth-order valence-corrected chi connectivity index (χ4v) is 3.92. The van der Waals surface area contributed by atoms with Crippen LogP contribution in [0, 0.1) is 22.9 Å². The van der Waals surface area contributed by atoms with Gasteiger partial charge in [0, 0.05) is 12.1 Å². The van der Waals surface area contributed by atoms with Crippen LogP contribution in [0.3, 0.4) is 0 Å². The number of anilines is 2. The van der Waals surface area contributed by atoms with E-state index in [1.807, 2.05) is 0 Å².